The molecule has 0 unspecified atom stereocenters. The topological polar surface area (TPSA) is 524 Å². The van der Waals surface area contributed by atoms with E-state index in [1.807, 2.05) is 0 Å². The molecule has 8 atom stereocenters. The fourth-order valence-electron chi connectivity index (χ4n) is 7.71. The molecule has 0 saturated carbocycles. The maximum absolute atomic E-state index is 14.6. The molecule has 80 heavy (non-hydrogen) atoms. The molecule has 0 aromatic heterocycles. The van der Waals surface area contributed by atoms with Crippen LogP contribution < -0.4 is 76.1 Å². The molecule has 0 saturated heterocycles. The molecule has 0 heterocycles. The van der Waals surface area contributed by atoms with E-state index in [9.17, 15) is 68.4 Å². The second-order valence-electron chi connectivity index (χ2n) is 19.4. The average molecular weight is 1130 g/mol. The van der Waals surface area contributed by atoms with E-state index < -0.39 is 139 Å². The van der Waals surface area contributed by atoms with Crippen molar-refractivity contribution in [3.05, 3.63) is 59.7 Å². The minimum atomic E-state index is -1.83. The Kier molecular flexibility index (Phi) is 28.7. The standard InChI is InChI=1S/C50H78N16O14/c1-25(2)19-33(62-47(79)36(22-39(71)72)64-45(77)34(59-38(70)23-51)20-27-9-13-29(68)14-10-27)44(76)63-35(21-28-11-15-30(69)16-12-28)46(78)60-32(8-6-18-58-50(55)56)43(75)66-40(26(3)4)48(80)61-31(7-5-17-57-49(53)54)42(74)65-37(24-67)41(52)73/h9-16,25-26,31-37,40,67-69H,5-8,17-24,51H2,1-4H3,(H2,52,73)(H,59,70)(H,60,78)(H,61,80)(H,62,79)(H,63,76)(H,64,77)(H,65,74)(H,66,75)(H,71,72)(H4,53,54,57)(H4,55,56,58)/t31-,32-,33-,34-,35-,36-,37-,40-/m0/s1. The molecule has 2 aromatic rings. The summed E-state index contributed by atoms with van der Waals surface area (Å²) in [6, 6.07) is -0.906. The number of aliphatic hydroxyl groups is 1. The number of aromatic hydroxyl groups is 2. The van der Waals surface area contributed by atoms with E-state index in [0.29, 0.717) is 11.1 Å². The Bertz CT molecular complexity index is 2460. The molecule has 24 N–H and O–H groups in total. The molecule has 0 fully saturated rings. The number of amides is 9. The number of nitrogens with two attached hydrogens (primary N) is 4. The lowest BCUT2D eigenvalue weighted by Crippen LogP contribution is -2.61. The Morgan fingerprint density at radius 2 is 0.887 bits per heavy atom. The van der Waals surface area contributed by atoms with Crippen molar-refractivity contribution < 1.29 is 68.4 Å². The zero-order valence-corrected chi connectivity index (χ0v) is 45.1. The summed E-state index contributed by atoms with van der Waals surface area (Å²) in [6.07, 6.45) is -1.58. The number of carboxylic acid groups (broad SMARTS) is 1. The van der Waals surface area contributed by atoms with Gasteiger partial charge in [-0.15, -0.1) is 0 Å². The smallest absolute Gasteiger partial charge is 0.305 e. The Labute approximate surface area is 461 Å². The molecule has 30 nitrogen and oxygen atoms in total. The maximum atomic E-state index is 14.6. The number of carbonyl (C=O) groups excluding carboxylic acids is 9. The van der Waals surface area contributed by atoms with Gasteiger partial charge in [-0.3, -0.25) is 58.8 Å². The SMILES string of the molecule is CC(C)C[C@H](NC(=O)[C@H](CC(=O)O)NC(=O)[C@H](Cc1ccc(O)cc1)NC(=O)CN)C(=O)N[C@@H](Cc1ccc(O)cc1)C(=O)N[C@@H](CCCNC(=N)N)C(=O)N[C@H](C(=O)N[C@@H](CCCNC(=N)N)C(=O)N[C@@H](CO)C(N)=O)C(C)C. The summed E-state index contributed by atoms with van der Waals surface area (Å²) in [7, 11) is 0. The molecule has 0 bridgehead atoms. The van der Waals surface area contributed by atoms with E-state index in [1.165, 1.54) is 48.5 Å². The number of aliphatic carboxylic acids is 1. The van der Waals surface area contributed by atoms with Gasteiger partial charge in [-0.25, -0.2) is 0 Å². The van der Waals surface area contributed by atoms with Crippen molar-refractivity contribution in [1.82, 2.24) is 53.2 Å². The van der Waals surface area contributed by atoms with E-state index in [2.05, 4.69) is 53.2 Å². The molecule has 0 aliphatic heterocycles. The number of nitrogens with one attached hydrogen (secondary N) is 12. The highest BCUT2D eigenvalue weighted by molar-refractivity contribution is 5.99. The number of carboxylic acids is 1. The van der Waals surface area contributed by atoms with E-state index in [1.54, 1.807) is 27.7 Å². The first kappa shape index (κ1) is 67.3. The summed E-state index contributed by atoms with van der Waals surface area (Å²) in [4.78, 5) is 135. The molecular formula is C50H78N16O14. The normalized spacial score (nSPS) is 13.9. The summed E-state index contributed by atoms with van der Waals surface area (Å²) in [5, 5.41) is 79.2. The van der Waals surface area contributed by atoms with Crippen LogP contribution in [0.25, 0.3) is 0 Å². The van der Waals surface area contributed by atoms with E-state index in [-0.39, 0.29) is 81.4 Å². The van der Waals surface area contributed by atoms with Crippen LogP contribution in [0, 0.1) is 22.7 Å². The first-order valence-corrected chi connectivity index (χ1v) is 25.6. The van der Waals surface area contributed by atoms with E-state index in [4.69, 9.17) is 33.8 Å². The summed E-state index contributed by atoms with van der Waals surface area (Å²) >= 11 is 0. The second-order valence-corrected chi connectivity index (χ2v) is 19.4. The predicted octanol–water partition coefficient (Wildman–Crippen LogP) is -5.10. The number of primary amides is 1. The van der Waals surface area contributed by atoms with Gasteiger partial charge in [-0.2, -0.15) is 0 Å². The van der Waals surface area contributed by atoms with Crippen LogP contribution in [0.15, 0.2) is 48.5 Å². The second kappa shape index (κ2) is 34.2. The number of hydrogen-bond acceptors (Lipinski definition) is 16. The molecule has 0 radical (unpaired) electrons. The van der Waals surface area contributed by atoms with Crippen molar-refractivity contribution in [2.45, 2.75) is 127 Å². The molecule has 30 heteroatoms. The molecule has 0 aliphatic carbocycles. The van der Waals surface area contributed by atoms with Crippen LogP contribution in [0.3, 0.4) is 0 Å². The molecule has 2 rings (SSSR count). The van der Waals surface area contributed by atoms with Crippen molar-refractivity contribution >= 4 is 71.1 Å². The quantitative estimate of drug-likeness (QED) is 0.0174. The van der Waals surface area contributed by atoms with E-state index in [0.717, 1.165) is 0 Å². The summed E-state index contributed by atoms with van der Waals surface area (Å²) < 4.78 is 0. The van der Waals surface area contributed by atoms with Gasteiger partial charge in [0.25, 0.3) is 0 Å². The van der Waals surface area contributed by atoms with Gasteiger partial charge in [0, 0.05) is 25.9 Å². The number of guanidine groups is 2. The molecule has 9 amide bonds. The monoisotopic (exact) mass is 1130 g/mol. The van der Waals surface area contributed by atoms with Crippen molar-refractivity contribution in [2.24, 2.45) is 34.8 Å². The van der Waals surface area contributed by atoms with Gasteiger partial charge in [0.05, 0.1) is 19.6 Å². The van der Waals surface area contributed by atoms with Crippen molar-refractivity contribution in [3.8, 4) is 11.5 Å². The number of phenolic OH excluding ortho intramolecular Hbond substituents is 2. The fourth-order valence-corrected chi connectivity index (χ4v) is 7.71. The van der Waals surface area contributed by atoms with Crippen LogP contribution in [0.4, 0.5) is 0 Å². The van der Waals surface area contributed by atoms with Gasteiger partial charge >= 0.3 is 5.97 Å². The van der Waals surface area contributed by atoms with Gasteiger partial charge in [0.15, 0.2) is 11.9 Å². The number of rotatable bonds is 35. The molecule has 442 valence electrons. The van der Waals surface area contributed by atoms with Gasteiger partial charge in [-0.05, 0) is 79.3 Å². The highest BCUT2D eigenvalue weighted by Gasteiger charge is 2.36. The third-order valence-corrected chi connectivity index (χ3v) is 11.9. The maximum Gasteiger partial charge on any atom is 0.305 e. The van der Waals surface area contributed by atoms with Gasteiger partial charge in [0.1, 0.15) is 59.8 Å². The lowest BCUT2D eigenvalue weighted by atomic mass is 9.99. The Morgan fingerprint density at radius 1 is 0.512 bits per heavy atom. The Hall–Kier alpha value is -8.80. The summed E-state index contributed by atoms with van der Waals surface area (Å²) in [6.45, 7) is 5.29. The number of hydrogen-bond donors (Lipinski definition) is 20. The third-order valence-electron chi connectivity index (χ3n) is 11.9. The number of benzene rings is 2. The van der Waals surface area contributed by atoms with Crippen LogP contribution >= 0.6 is 0 Å². The molecule has 2 aromatic carbocycles. The van der Waals surface area contributed by atoms with Crippen LogP contribution in [0.2, 0.25) is 0 Å². The van der Waals surface area contributed by atoms with Gasteiger partial charge in [0.2, 0.25) is 53.2 Å². The summed E-state index contributed by atoms with van der Waals surface area (Å²) in [5.41, 5.74) is 22.4. The third kappa shape index (κ3) is 25.1. The number of carbonyl (C=O) groups is 10. The Balaban J connectivity index is 2.55. The first-order chi connectivity index (χ1) is 37.6. The fraction of sp³-hybridized carbons (Fsp3) is 0.520. The van der Waals surface area contributed by atoms with Crippen LogP contribution in [-0.2, 0) is 60.8 Å². The molecule has 0 aliphatic rings. The minimum Gasteiger partial charge on any atom is -0.508 e. The predicted molar refractivity (Wildman–Crippen MR) is 289 cm³/mol. The zero-order chi connectivity index (χ0) is 60.2. The molecule has 0 spiro atoms. The molecular weight excluding hydrogens is 1050 g/mol. The van der Waals surface area contributed by atoms with Crippen LogP contribution in [0.1, 0.15) is 77.3 Å². The largest absolute Gasteiger partial charge is 0.508 e. The average Bonchev–Trinajstić information content (AvgIpc) is 3.38. The van der Waals surface area contributed by atoms with Crippen molar-refractivity contribution in [2.75, 3.05) is 26.2 Å². The zero-order valence-electron chi connectivity index (χ0n) is 45.1. The number of aliphatic hydroxyl groups excluding tert-OH is 1. The number of phenols is 2. The van der Waals surface area contributed by atoms with Crippen molar-refractivity contribution in [1.29, 1.82) is 10.8 Å². The lowest BCUT2D eigenvalue weighted by molar-refractivity contribution is -0.141. The Morgan fingerprint density at radius 3 is 1.30 bits per heavy atom. The van der Waals surface area contributed by atoms with Crippen LogP contribution in [-0.4, -0.2) is 166 Å². The first-order valence-electron chi connectivity index (χ1n) is 25.6. The van der Waals surface area contributed by atoms with Crippen LogP contribution in [0.5, 0.6) is 11.5 Å². The van der Waals surface area contributed by atoms with Crippen molar-refractivity contribution in [3.63, 3.8) is 0 Å². The van der Waals surface area contributed by atoms with E-state index >= 15 is 0 Å². The minimum absolute atomic E-state index is 0.0352. The highest BCUT2D eigenvalue weighted by Crippen LogP contribution is 2.15. The van der Waals surface area contributed by atoms with Gasteiger partial charge in [-0.1, -0.05) is 52.0 Å². The lowest BCUT2D eigenvalue weighted by Gasteiger charge is -2.29. The highest BCUT2D eigenvalue weighted by atomic mass is 16.4. The summed E-state index contributed by atoms with van der Waals surface area (Å²) in [5.74, 6) is -12.1. The van der Waals surface area contributed by atoms with Gasteiger partial charge < -0.3 is 96.5 Å².